The molecule has 0 fully saturated rings. The zero-order chi connectivity index (χ0) is 11.1. The van der Waals surface area contributed by atoms with Crippen LogP contribution in [0, 0.1) is 12.3 Å². The lowest BCUT2D eigenvalue weighted by atomic mass is 10.6. The monoisotopic (exact) mass is 259 g/mol. The van der Waals surface area contributed by atoms with E-state index in [9.17, 15) is 0 Å². The van der Waals surface area contributed by atoms with Gasteiger partial charge in [0.25, 0.3) is 0 Å². The van der Waals surface area contributed by atoms with Crippen molar-refractivity contribution in [3.05, 3.63) is 0 Å². The summed E-state index contributed by atoms with van der Waals surface area (Å²) in [7, 11) is 0. The van der Waals surface area contributed by atoms with Crippen molar-refractivity contribution in [2.24, 2.45) is 0 Å². The number of nitrogens with one attached hydrogen (secondary N) is 1. The quantitative estimate of drug-likeness (QED) is 0.466. The van der Waals surface area contributed by atoms with E-state index in [1.807, 2.05) is 6.26 Å². The third kappa shape index (κ3) is 3.86. The molecule has 0 aliphatic heterocycles. The third-order valence-electron chi connectivity index (χ3n) is 1.60. The molecular formula is C9H13N3S3. The van der Waals surface area contributed by atoms with Crippen LogP contribution < -0.4 is 11.1 Å². The van der Waals surface area contributed by atoms with Crippen LogP contribution in [-0.4, -0.2) is 28.7 Å². The highest BCUT2D eigenvalue weighted by Gasteiger charge is 2.08. The molecule has 1 rings (SSSR count). The maximum Gasteiger partial charge on any atom is 0.153 e. The number of aromatic nitrogens is 1. The van der Waals surface area contributed by atoms with E-state index in [0.717, 1.165) is 27.9 Å². The lowest BCUT2D eigenvalue weighted by molar-refractivity contribution is 1.23. The first kappa shape index (κ1) is 12.6. The number of nitrogen functional groups attached to an aromatic ring is 1. The van der Waals surface area contributed by atoms with Gasteiger partial charge in [-0.1, -0.05) is 5.92 Å². The van der Waals surface area contributed by atoms with Crippen LogP contribution in [0.5, 0.6) is 0 Å². The molecule has 3 N–H and O–H groups in total. The first-order valence-electron chi connectivity index (χ1n) is 4.33. The van der Waals surface area contributed by atoms with Crippen LogP contribution in [0.2, 0.25) is 0 Å². The molecule has 1 aromatic heterocycles. The van der Waals surface area contributed by atoms with E-state index in [1.165, 1.54) is 11.5 Å². The number of terminal acetylenes is 1. The number of hydrogen-bond donors (Lipinski definition) is 2. The summed E-state index contributed by atoms with van der Waals surface area (Å²) in [6.45, 7) is 0.890. The Hall–Kier alpha value is -0.510. The van der Waals surface area contributed by atoms with Gasteiger partial charge in [0.15, 0.2) is 5.82 Å². The maximum atomic E-state index is 5.71. The summed E-state index contributed by atoms with van der Waals surface area (Å²) < 4.78 is 4.10. The Morgan fingerprint density at radius 1 is 1.67 bits per heavy atom. The molecule has 0 saturated carbocycles. The van der Waals surface area contributed by atoms with Gasteiger partial charge in [-0.25, -0.2) is 0 Å². The van der Waals surface area contributed by atoms with Crippen molar-refractivity contribution in [3.63, 3.8) is 0 Å². The first-order valence-corrected chi connectivity index (χ1v) is 7.49. The number of rotatable bonds is 6. The van der Waals surface area contributed by atoms with Gasteiger partial charge in [0.1, 0.15) is 5.00 Å². The molecule has 15 heavy (non-hydrogen) atoms. The molecule has 82 valence electrons. The summed E-state index contributed by atoms with van der Waals surface area (Å²) in [6, 6.07) is 0. The molecule has 3 nitrogen and oxygen atoms in total. The van der Waals surface area contributed by atoms with E-state index in [1.54, 1.807) is 23.5 Å². The molecule has 0 amide bonds. The van der Waals surface area contributed by atoms with Gasteiger partial charge in [0.2, 0.25) is 0 Å². The predicted molar refractivity (Wildman–Crippen MR) is 73.0 cm³/mol. The Labute approximate surface area is 103 Å². The van der Waals surface area contributed by atoms with Crippen LogP contribution in [0.1, 0.15) is 0 Å². The summed E-state index contributed by atoms with van der Waals surface area (Å²) in [5.74, 6) is 4.97. The second-order valence-electron chi connectivity index (χ2n) is 2.61. The summed E-state index contributed by atoms with van der Waals surface area (Å²) in [5, 5.41) is 4.37. The second-order valence-corrected chi connectivity index (χ2v) is 5.31. The molecule has 6 heteroatoms. The smallest absolute Gasteiger partial charge is 0.153 e. The van der Waals surface area contributed by atoms with E-state index < -0.39 is 0 Å². The molecule has 0 atom stereocenters. The zero-order valence-corrected chi connectivity index (χ0v) is 10.9. The Morgan fingerprint density at radius 2 is 2.47 bits per heavy atom. The highest BCUT2D eigenvalue weighted by Crippen LogP contribution is 2.34. The van der Waals surface area contributed by atoms with Gasteiger partial charge in [-0.05, 0) is 17.8 Å². The van der Waals surface area contributed by atoms with Gasteiger partial charge in [-0.3, -0.25) is 0 Å². The minimum absolute atomic E-state index is 0.617. The Kier molecular flexibility index (Phi) is 5.76. The summed E-state index contributed by atoms with van der Waals surface area (Å²) >= 11 is 4.77. The van der Waals surface area contributed by atoms with Crippen molar-refractivity contribution in [2.75, 3.05) is 35.4 Å². The van der Waals surface area contributed by atoms with Gasteiger partial charge >= 0.3 is 0 Å². The second kappa shape index (κ2) is 6.88. The normalized spacial score (nSPS) is 9.87. The fourth-order valence-corrected chi connectivity index (χ4v) is 3.05. The summed E-state index contributed by atoms with van der Waals surface area (Å²) in [5.41, 5.74) is 5.71. The van der Waals surface area contributed by atoms with Gasteiger partial charge in [-0.15, -0.1) is 29.9 Å². The van der Waals surface area contributed by atoms with Crippen LogP contribution in [0.25, 0.3) is 0 Å². The summed E-state index contributed by atoms with van der Waals surface area (Å²) in [6.07, 6.45) is 7.15. The van der Waals surface area contributed by atoms with Gasteiger partial charge in [0, 0.05) is 12.3 Å². The van der Waals surface area contributed by atoms with Crippen molar-refractivity contribution in [1.29, 1.82) is 0 Å². The minimum Gasteiger partial charge on any atom is -0.382 e. The number of anilines is 2. The van der Waals surface area contributed by atoms with E-state index >= 15 is 0 Å². The van der Waals surface area contributed by atoms with Gasteiger partial charge in [-0.2, -0.15) is 4.37 Å². The van der Waals surface area contributed by atoms with Gasteiger partial charge < -0.3 is 11.1 Å². The molecule has 1 heterocycles. The number of nitrogens with two attached hydrogens (primary N) is 1. The average molecular weight is 259 g/mol. The molecule has 0 bridgehead atoms. The van der Waals surface area contributed by atoms with Crippen LogP contribution in [0.4, 0.5) is 10.8 Å². The number of thioether (sulfide) groups is 2. The summed E-state index contributed by atoms with van der Waals surface area (Å²) in [4.78, 5) is 1.04. The van der Waals surface area contributed by atoms with Crippen molar-refractivity contribution in [3.8, 4) is 12.3 Å². The van der Waals surface area contributed by atoms with Crippen LogP contribution >= 0.6 is 35.1 Å². The van der Waals surface area contributed by atoms with E-state index in [2.05, 4.69) is 15.6 Å². The van der Waals surface area contributed by atoms with Crippen molar-refractivity contribution in [1.82, 2.24) is 4.37 Å². The fraction of sp³-hybridized carbons (Fsp3) is 0.444. The van der Waals surface area contributed by atoms with E-state index in [-0.39, 0.29) is 0 Å². The van der Waals surface area contributed by atoms with Crippen LogP contribution in [0.15, 0.2) is 4.90 Å². The van der Waals surface area contributed by atoms with Crippen molar-refractivity contribution in [2.45, 2.75) is 4.90 Å². The fourth-order valence-electron chi connectivity index (χ4n) is 0.972. The molecular weight excluding hydrogens is 246 g/mol. The molecule has 0 saturated heterocycles. The van der Waals surface area contributed by atoms with Crippen molar-refractivity contribution < 1.29 is 0 Å². The Balaban J connectivity index is 2.34. The molecule has 0 aliphatic carbocycles. The third-order valence-corrected chi connectivity index (χ3v) is 4.23. The van der Waals surface area contributed by atoms with E-state index in [4.69, 9.17) is 12.2 Å². The predicted octanol–water partition coefficient (Wildman–Crippen LogP) is 2.23. The topological polar surface area (TPSA) is 50.9 Å². The Bertz CT molecular complexity index is 343. The number of nitrogens with zero attached hydrogens (tertiary/aromatic N) is 1. The standard InChI is InChI=1S/C9H13N3S3/c1-3-5-14-6-4-11-9-7(13-2)8(10)12-15-9/h1,11H,4-6H2,2H3,(H2,10,12). The SMILES string of the molecule is C#CCSCCNc1snc(N)c1SC. The molecule has 0 spiro atoms. The molecule has 0 aromatic carbocycles. The molecule has 0 unspecified atom stereocenters. The Morgan fingerprint density at radius 3 is 3.13 bits per heavy atom. The first-order chi connectivity index (χ1) is 7.29. The van der Waals surface area contributed by atoms with Gasteiger partial charge in [0.05, 0.1) is 10.6 Å². The number of hydrogen-bond acceptors (Lipinski definition) is 6. The largest absolute Gasteiger partial charge is 0.382 e. The lowest BCUT2D eigenvalue weighted by Crippen LogP contribution is -2.03. The minimum atomic E-state index is 0.617. The van der Waals surface area contributed by atoms with E-state index in [0.29, 0.717) is 5.82 Å². The highest BCUT2D eigenvalue weighted by atomic mass is 32.2. The molecule has 0 radical (unpaired) electrons. The molecule has 1 aromatic rings. The van der Waals surface area contributed by atoms with Crippen molar-refractivity contribution >= 4 is 45.9 Å². The average Bonchev–Trinajstić information content (AvgIpc) is 2.59. The zero-order valence-electron chi connectivity index (χ0n) is 8.45. The highest BCUT2D eigenvalue weighted by molar-refractivity contribution is 7.99. The lowest BCUT2D eigenvalue weighted by Gasteiger charge is -2.03. The molecule has 0 aliphatic rings. The van der Waals surface area contributed by atoms with Crippen LogP contribution in [0.3, 0.4) is 0 Å². The van der Waals surface area contributed by atoms with Crippen LogP contribution in [-0.2, 0) is 0 Å². The maximum absolute atomic E-state index is 5.71.